The highest BCUT2D eigenvalue weighted by molar-refractivity contribution is 6.16. The first-order valence-electron chi connectivity index (χ1n) is 13.4. The Morgan fingerprint density at radius 1 is 0.595 bits per heavy atom. The lowest BCUT2D eigenvalue weighted by molar-refractivity contribution is -0.141. The molecule has 0 saturated carbocycles. The van der Waals surface area contributed by atoms with Crippen LogP contribution in [0, 0.1) is 11.8 Å². The van der Waals surface area contributed by atoms with E-state index in [4.69, 9.17) is 0 Å². The fourth-order valence-electron chi connectivity index (χ4n) is 4.99. The third kappa shape index (κ3) is 5.56. The molecule has 0 aliphatic carbocycles. The van der Waals surface area contributed by atoms with Crippen LogP contribution in [0.5, 0.6) is 11.5 Å². The summed E-state index contributed by atoms with van der Waals surface area (Å²) in [5.41, 5.74) is -0.340. The summed E-state index contributed by atoms with van der Waals surface area (Å²) in [6.45, 7) is 6.55. The number of aliphatic carboxylic acids is 2. The van der Waals surface area contributed by atoms with Gasteiger partial charge in [-0.3, -0.25) is 9.59 Å². The van der Waals surface area contributed by atoms with Crippen molar-refractivity contribution in [2.45, 2.75) is 39.8 Å². The van der Waals surface area contributed by atoms with Crippen LogP contribution in [0.2, 0.25) is 0 Å². The number of amides is 2. The van der Waals surface area contributed by atoms with Crippen molar-refractivity contribution in [2.24, 2.45) is 11.8 Å². The smallest absolute Gasteiger partial charge is 0.326 e. The molecule has 0 fully saturated rings. The number of phenols is 2. The van der Waals surface area contributed by atoms with Gasteiger partial charge in [0, 0.05) is 11.1 Å². The van der Waals surface area contributed by atoms with Crippen LogP contribution in [0.25, 0.3) is 32.7 Å². The summed E-state index contributed by atoms with van der Waals surface area (Å²) >= 11 is 0. The number of rotatable bonds is 9. The Hall–Kier alpha value is -5.12. The van der Waals surface area contributed by atoms with E-state index in [0.717, 1.165) is 0 Å². The Morgan fingerprint density at radius 3 is 1.24 bits per heavy atom. The second-order valence-electron chi connectivity index (χ2n) is 10.8. The molecule has 2 atom stereocenters. The Kier molecular flexibility index (Phi) is 8.37. The highest BCUT2D eigenvalue weighted by Gasteiger charge is 2.30. The minimum atomic E-state index is -1.23. The summed E-state index contributed by atoms with van der Waals surface area (Å²) in [5.74, 6) is -6.08. The molecule has 0 bridgehead atoms. The van der Waals surface area contributed by atoms with Crippen molar-refractivity contribution >= 4 is 45.3 Å². The van der Waals surface area contributed by atoms with E-state index in [1.54, 1.807) is 76.2 Å². The summed E-state index contributed by atoms with van der Waals surface area (Å²) in [7, 11) is 0. The van der Waals surface area contributed by atoms with Crippen LogP contribution in [0.3, 0.4) is 0 Å². The molecule has 218 valence electrons. The summed E-state index contributed by atoms with van der Waals surface area (Å²) in [6.07, 6.45) is 0. The Balaban J connectivity index is 2.01. The van der Waals surface area contributed by atoms with Gasteiger partial charge < -0.3 is 31.1 Å². The van der Waals surface area contributed by atoms with Crippen molar-refractivity contribution in [2.75, 3.05) is 0 Å². The molecule has 0 saturated heterocycles. The van der Waals surface area contributed by atoms with Gasteiger partial charge in [0.05, 0.1) is 11.1 Å². The van der Waals surface area contributed by atoms with E-state index in [2.05, 4.69) is 10.6 Å². The Bertz CT molecular complexity index is 1600. The second kappa shape index (κ2) is 11.8. The quantitative estimate of drug-likeness (QED) is 0.167. The van der Waals surface area contributed by atoms with Crippen molar-refractivity contribution in [1.29, 1.82) is 0 Å². The van der Waals surface area contributed by atoms with Crippen molar-refractivity contribution in [3.8, 4) is 22.6 Å². The summed E-state index contributed by atoms with van der Waals surface area (Å²) in [6, 6.07) is 14.0. The number of aromatic hydroxyl groups is 2. The molecule has 6 N–H and O–H groups in total. The number of carbonyl (C=O) groups is 4. The molecule has 42 heavy (non-hydrogen) atoms. The number of carboxylic acids is 2. The lowest BCUT2D eigenvalue weighted by Gasteiger charge is -2.22. The summed E-state index contributed by atoms with van der Waals surface area (Å²) in [4.78, 5) is 50.3. The maximum absolute atomic E-state index is 13.4. The van der Waals surface area contributed by atoms with Crippen molar-refractivity contribution in [3.63, 3.8) is 0 Å². The first kappa shape index (κ1) is 29.9. The lowest BCUT2D eigenvalue weighted by Crippen LogP contribution is -2.44. The number of carboxylic acid groups (broad SMARTS) is 2. The number of carbonyl (C=O) groups excluding carboxylic acids is 2. The molecule has 0 spiro atoms. The normalized spacial score (nSPS) is 12.8. The van der Waals surface area contributed by atoms with E-state index < -0.39 is 59.2 Å². The standard InChI is InChI=1S/C32H32N2O8/c1-15(2)25(31(39)40)33-29(37)21-13-17-9-5-7-11-19(17)23(27(21)35)24-20-12-8-6-10-18(20)14-22(28(24)36)30(38)34-26(16(3)4)32(41)42/h5-16,25-26,35-36H,1-4H3,(H,33,37)(H,34,38)(H,39,40)(H,41,42)/t25-,26-/m0/s1. The molecule has 0 radical (unpaired) electrons. The minimum absolute atomic E-state index is 0.0525. The van der Waals surface area contributed by atoms with Gasteiger partial charge in [-0.05, 0) is 45.5 Å². The van der Waals surface area contributed by atoms with E-state index in [1.807, 2.05) is 0 Å². The molecular formula is C32H32N2O8. The zero-order valence-corrected chi connectivity index (χ0v) is 23.5. The molecule has 4 aromatic carbocycles. The highest BCUT2D eigenvalue weighted by atomic mass is 16.4. The Labute approximate surface area is 241 Å². The van der Waals surface area contributed by atoms with Crippen LogP contribution in [0.4, 0.5) is 0 Å². The number of hydrogen-bond donors (Lipinski definition) is 6. The summed E-state index contributed by atoms with van der Waals surface area (Å²) < 4.78 is 0. The fraction of sp³-hybridized carbons (Fsp3) is 0.250. The SMILES string of the molecule is CC(C)[C@H](NC(=O)c1cc2ccccc2c(-c2c(O)c(C(=O)N[C@H](C(=O)O)C(C)C)cc3ccccc23)c1O)C(=O)O. The third-order valence-electron chi connectivity index (χ3n) is 7.22. The topological polar surface area (TPSA) is 173 Å². The van der Waals surface area contributed by atoms with Gasteiger partial charge in [-0.1, -0.05) is 76.2 Å². The third-order valence-corrected chi connectivity index (χ3v) is 7.22. The van der Waals surface area contributed by atoms with Gasteiger partial charge in [-0.2, -0.15) is 0 Å². The number of hydrogen-bond acceptors (Lipinski definition) is 6. The molecular weight excluding hydrogens is 540 g/mol. The van der Waals surface area contributed by atoms with Crippen LogP contribution in [-0.4, -0.2) is 56.3 Å². The Morgan fingerprint density at radius 2 is 0.929 bits per heavy atom. The molecule has 0 aliphatic heterocycles. The summed E-state index contributed by atoms with van der Waals surface area (Å²) in [5, 5.41) is 49.3. The van der Waals surface area contributed by atoms with Crippen molar-refractivity contribution in [1.82, 2.24) is 10.6 Å². The molecule has 10 nitrogen and oxygen atoms in total. The van der Waals surface area contributed by atoms with Crippen LogP contribution in [-0.2, 0) is 9.59 Å². The fourth-order valence-corrected chi connectivity index (χ4v) is 4.99. The van der Waals surface area contributed by atoms with Gasteiger partial charge in [0.25, 0.3) is 11.8 Å². The molecule has 0 unspecified atom stereocenters. The van der Waals surface area contributed by atoms with Crippen LogP contribution in [0.1, 0.15) is 48.4 Å². The van der Waals surface area contributed by atoms with Crippen LogP contribution >= 0.6 is 0 Å². The molecule has 10 heteroatoms. The van der Waals surface area contributed by atoms with Crippen LogP contribution in [0.15, 0.2) is 60.7 Å². The average molecular weight is 573 g/mol. The molecule has 2 amide bonds. The largest absolute Gasteiger partial charge is 0.506 e. The second-order valence-corrected chi connectivity index (χ2v) is 10.8. The van der Waals surface area contributed by atoms with Gasteiger partial charge in [0.15, 0.2) is 0 Å². The van der Waals surface area contributed by atoms with Crippen LogP contribution < -0.4 is 10.6 Å². The van der Waals surface area contributed by atoms with E-state index in [9.17, 15) is 39.6 Å². The van der Waals surface area contributed by atoms with E-state index >= 15 is 0 Å². The lowest BCUT2D eigenvalue weighted by atomic mass is 9.88. The van der Waals surface area contributed by atoms with Crippen molar-refractivity contribution in [3.05, 3.63) is 71.8 Å². The zero-order valence-electron chi connectivity index (χ0n) is 23.5. The minimum Gasteiger partial charge on any atom is -0.506 e. The molecule has 4 aromatic rings. The molecule has 0 aromatic heterocycles. The average Bonchev–Trinajstić information content (AvgIpc) is 2.93. The molecule has 4 rings (SSSR count). The molecule has 0 heterocycles. The predicted octanol–water partition coefficient (Wildman–Crippen LogP) is 4.75. The van der Waals surface area contributed by atoms with Gasteiger partial charge in [0.1, 0.15) is 23.6 Å². The maximum atomic E-state index is 13.4. The highest BCUT2D eigenvalue weighted by Crippen LogP contribution is 2.47. The van der Waals surface area contributed by atoms with E-state index in [1.165, 1.54) is 12.1 Å². The number of phenolic OH excluding ortho intramolecular Hbond substituents is 2. The first-order chi connectivity index (χ1) is 19.8. The van der Waals surface area contributed by atoms with Gasteiger partial charge in [-0.15, -0.1) is 0 Å². The number of nitrogens with one attached hydrogen (secondary N) is 2. The van der Waals surface area contributed by atoms with E-state index in [-0.39, 0.29) is 22.3 Å². The zero-order chi connectivity index (χ0) is 30.9. The first-order valence-corrected chi connectivity index (χ1v) is 13.4. The molecule has 0 aliphatic rings. The van der Waals surface area contributed by atoms with Gasteiger partial charge >= 0.3 is 11.9 Å². The van der Waals surface area contributed by atoms with E-state index in [0.29, 0.717) is 21.5 Å². The van der Waals surface area contributed by atoms with Gasteiger partial charge in [-0.25, -0.2) is 9.59 Å². The predicted molar refractivity (Wildman–Crippen MR) is 158 cm³/mol. The van der Waals surface area contributed by atoms with Gasteiger partial charge in [0.2, 0.25) is 0 Å². The number of benzene rings is 4. The monoisotopic (exact) mass is 572 g/mol. The van der Waals surface area contributed by atoms with Crippen molar-refractivity contribution < 1.29 is 39.6 Å². The number of fused-ring (bicyclic) bond motifs is 2. The maximum Gasteiger partial charge on any atom is 0.326 e.